The Morgan fingerprint density at radius 3 is 2.45 bits per heavy atom. The molecule has 0 unspecified atom stereocenters. The fraction of sp³-hybridized carbons (Fsp3) is 0.611. The maximum atomic E-state index is 12.7. The summed E-state index contributed by atoms with van der Waals surface area (Å²) in [5.74, 6) is 0.200. The van der Waals surface area contributed by atoms with Gasteiger partial charge in [-0.25, -0.2) is 0 Å². The molecule has 4 nitrogen and oxygen atoms in total. The highest BCUT2D eigenvalue weighted by Crippen LogP contribution is 2.15. The van der Waals surface area contributed by atoms with Crippen LogP contribution in [-0.2, 0) is 11.3 Å². The molecule has 0 radical (unpaired) electrons. The first-order valence-corrected chi connectivity index (χ1v) is 8.51. The molecular weight excluding hydrogens is 276 g/mol. The molecule has 1 aromatic rings. The first-order chi connectivity index (χ1) is 10.8. The topological polar surface area (TPSA) is 32.8 Å². The maximum Gasteiger partial charge on any atom is 0.253 e. The quantitative estimate of drug-likeness (QED) is 0.860. The van der Waals surface area contributed by atoms with E-state index in [1.165, 1.54) is 18.4 Å². The number of rotatable bonds is 3. The van der Waals surface area contributed by atoms with E-state index in [1.54, 1.807) is 0 Å². The van der Waals surface area contributed by atoms with Gasteiger partial charge in [0.05, 0.1) is 13.2 Å². The molecule has 2 aliphatic heterocycles. The molecule has 4 heteroatoms. The van der Waals surface area contributed by atoms with Gasteiger partial charge in [0.25, 0.3) is 5.91 Å². The number of likely N-dealkylation sites (tertiary alicyclic amines) is 1. The number of ether oxygens (including phenoxy) is 1. The van der Waals surface area contributed by atoms with Gasteiger partial charge < -0.3 is 9.64 Å². The van der Waals surface area contributed by atoms with E-state index < -0.39 is 0 Å². The molecular formula is C18H26N2O2. The van der Waals surface area contributed by atoms with Gasteiger partial charge in [0, 0.05) is 38.3 Å². The van der Waals surface area contributed by atoms with Crippen LogP contribution in [0.3, 0.4) is 0 Å². The van der Waals surface area contributed by atoms with Crippen LogP contribution in [0.5, 0.6) is 0 Å². The fourth-order valence-corrected chi connectivity index (χ4v) is 3.28. The molecule has 0 bridgehead atoms. The Morgan fingerprint density at radius 1 is 1.00 bits per heavy atom. The van der Waals surface area contributed by atoms with Crippen molar-refractivity contribution in [3.63, 3.8) is 0 Å². The highest BCUT2D eigenvalue weighted by Gasteiger charge is 2.18. The highest BCUT2D eigenvalue weighted by molar-refractivity contribution is 5.94. The zero-order valence-corrected chi connectivity index (χ0v) is 13.3. The van der Waals surface area contributed by atoms with E-state index >= 15 is 0 Å². The van der Waals surface area contributed by atoms with Crippen molar-refractivity contribution in [2.45, 2.75) is 32.2 Å². The second-order valence-corrected chi connectivity index (χ2v) is 6.30. The number of hydrogen-bond donors (Lipinski definition) is 0. The summed E-state index contributed by atoms with van der Waals surface area (Å²) in [5, 5.41) is 0. The summed E-state index contributed by atoms with van der Waals surface area (Å²) in [4.78, 5) is 17.1. The van der Waals surface area contributed by atoms with E-state index in [2.05, 4.69) is 17.0 Å². The second kappa shape index (κ2) is 7.75. The van der Waals surface area contributed by atoms with Crippen molar-refractivity contribution >= 4 is 5.91 Å². The van der Waals surface area contributed by atoms with E-state index in [4.69, 9.17) is 4.74 Å². The monoisotopic (exact) mass is 302 g/mol. The summed E-state index contributed by atoms with van der Waals surface area (Å²) >= 11 is 0. The largest absolute Gasteiger partial charge is 0.379 e. The van der Waals surface area contributed by atoms with Crippen LogP contribution in [0.15, 0.2) is 24.3 Å². The molecule has 22 heavy (non-hydrogen) atoms. The Morgan fingerprint density at radius 2 is 1.73 bits per heavy atom. The van der Waals surface area contributed by atoms with Crippen LogP contribution in [0.2, 0.25) is 0 Å². The smallest absolute Gasteiger partial charge is 0.253 e. The summed E-state index contributed by atoms with van der Waals surface area (Å²) in [6.45, 7) is 6.30. The molecule has 0 aromatic heterocycles. The third-order valence-electron chi connectivity index (χ3n) is 4.58. The van der Waals surface area contributed by atoms with Crippen molar-refractivity contribution in [3.05, 3.63) is 35.4 Å². The molecule has 1 aromatic carbocycles. The second-order valence-electron chi connectivity index (χ2n) is 6.30. The van der Waals surface area contributed by atoms with Crippen molar-refractivity contribution < 1.29 is 9.53 Å². The fourth-order valence-electron chi connectivity index (χ4n) is 3.28. The highest BCUT2D eigenvalue weighted by atomic mass is 16.5. The maximum absolute atomic E-state index is 12.7. The summed E-state index contributed by atoms with van der Waals surface area (Å²) in [6.07, 6.45) is 4.78. The summed E-state index contributed by atoms with van der Waals surface area (Å²) in [6, 6.07) is 8.16. The van der Waals surface area contributed by atoms with Crippen LogP contribution < -0.4 is 0 Å². The zero-order valence-electron chi connectivity index (χ0n) is 13.3. The standard InChI is InChI=1S/C18H26N2O2/c21-18(20-8-3-1-2-4-9-20)17-7-5-6-16(14-17)15-19-10-12-22-13-11-19/h5-7,14H,1-4,8-13,15H2. The third kappa shape index (κ3) is 4.08. The summed E-state index contributed by atoms with van der Waals surface area (Å²) in [5.41, 5.74) is 2.07. The van der Waals surface area contributed by atoms with Crippen molar-refractivity contribution in [1.29, 1.82) is 0 Å². The Labute approximate surface area is 133 Å². The minimum Gasteiger partial charge on any atom is -0.379 e. The third-order valence-corrected chi connectivity index (χ3v) is 4.58. The lowest BCUT2D eigenvalue weighted by atomic mass is 10.1. The predicted octanol–water partition coefficient (Wildman–Crippen LogP) is 2.54. The molecule has 1 amide bonds. The molecule has 2 aliphatic rings. The Hall–Kier alpha value is -1.39. The average Bonchev–Trinajstić information content (AvgIpc) is 2.85. The van der Waals surface area contributed by atoms with Crippen LogP contribution in [-0.4, -0.2) is 55.1 Å². The molecule has 3 rings (SSSR count). The number of carbonyl (C=O) groups excluding carboxylic acids is 1. The Bertz CT molecular complexity index is 490. The van der Waals surface area contributed by atoms with Gasteiger partial charge in [-0.2, -0.15) is 0 Å². The van der Waals surface area contributed by atoms with Gasteiger partial charge in [0.1, 0.15) is 0 Å². The zero-order chi connectivity index (χ0) is 15.2. The molecule has 0 atom stereocenters. The normalized spacial score (nSPS) is 20.6. The van der Waals surface area contributed by atoms with Gasteiger partial charge in [0.2, 0.25) is 0 Å². The first kappa shape index (κ1) is 15.5. The number of benzene rings is 1. The number of amides is 1. The van der Waals surface area contributed by atoms with Crippen molar-refractivity contribution in [3.8, 4) is 0 Å². The van der Waals surface area contributed by atoms with E-state index in [0.29, 0.717) is 0 Å². The molecule has 2 saturated heterocycles. The Kier molecular flexibility index (Phi) is 5.46. The van der Waals surface area contributed by atoms with Crippen LogP contribution in [0.1, 0.15) is 41.6 Å². The number of hydrogen-bond acceptors (Lipinski definition) is 3. The molecule has 0 N–H and O–H groups in total. The predicted molar refractivity (Wildman–Crippen MR) is 86.9 cm³/mol. The molecule has 0 saturated carbocycles. The minimum atomic E-state index is 0.200. The van der Waals surface area contributed by atoms with E-state index in [-0.39, 0.29) is 5.91 Å². The first-order valence-electron chi connectivity index (χ1n) is 8.51. The van der Waals surface area contributed by atoms with E-state index in [9.17, 15) is 4.79 Å². The lowest BCUT2D eigenvalue weighted by Gasteiger charge is -2.27. The minimum absolute atomic E-state index is 0.200. The van der Waals surface area contributed by atoms with E-state index in [1.807, 2.05) is 17.0 Å². The van der Waals surface area contributed by atoms with Gasteiger partial charge in [-0.3, -0.25) is 9.69 Å². The van der Waals surface area contributed by atoms with Gasteiger partial charge in [-0.05, 0) is 30.5 Å². The van der Waals surface area contributed by atoms with E-state index in [0.717, 1.165) is 64.3 Å². The van der Waals surface area contributed by atoms with Crippen LogP contribution in [0, 0.1) is 0 Å². The SMILES string of the molecule is O=C(c1cccc(CN2CCOCC2)c1)N1CCCCCC1. The van der Waals surface area contributed by atoms with Gasteiger partial charge in [0.15, 0.2) is 0 Å². The molecule has 0 aliphatic carbocycles. The lowest BCUT2D eigenvalue weighted by molar-refractivity contribution is 0.0341. The molecule has 120 valence electrons. The van der Waals surface area contributed by atoms with Gasteiger partial charge >= 0.3 is 0 Å². The molecule has 2 fully saturated rings. The lowest BCUT2D eigenvalue weighted by Crippen LogP contribution is -2.35. The van der Waals surface area contributed by atoms with Crippen LogP contribution in [0.4, 0.5) is 0 Å². The van der Waals surface area contributed by atoms with Crippen LogP contribution in [0.25, 0.3) is 0 Å². The summed E-state index contributed by atoms with van der Waals surface area (Å²) in [7, 11) is 0. The Balaban J connectivity index is 1.65. The van der Waals surface area contributed by atoms with Gasteiger partial charge in [-0.15, -0.1) is 0 Å². The summed E-state index contributed by atoms with van der Waals surface area (Å²) < 4.78 is 5.39. The van der Waals surface area contributed by atoms with Crippen molar-refractivity contribution in [2.75, 3.05) is 39.4 Å². The average molecular weight is 302 g/mol. The molecule has 0 spiro atoms. The van der Waals surface area contributed by atoms with Gasteiger partial charge in [-0.1, -0.05) is 25.0 Å². The number of morpholine rings is 1. The number of nitrogens with zero attached hydrogens (tertiary/aromatic N) is 2. The van der Waals surface area contributed by atoms with Crippen molar-refractivity contribution in [1.82, 2.24) is 9.80 Å². The van der Waals surface area contributed by atoms with Crippen molar-refractivity contribution in [2.24, 2.45) is 0 Å². The number of carbonyl (C=O) groups is 1. The van der Waals surface area contributed by atoms with Crippen LogP contribution >= 0.6 is 0 Å². The molecule has 2 heterocycles.